The molecule has 0 aliphatic rings. The molecule has 0 bridgehead atoms. The zero-order valence-electron chi connectivity index (χ0n) is 12.7. The summed E-state index contributed by atoms with van der Waals surface area (Å²) in [6.07, 6.45) is 0. The van der Waals surface area contributed by atoms with Crippen molar-refractivity contribution < 1.29 is 8.78 Å². The summed E-state index contributed by atoms with van der Waals surface area (Å²) in [4.78, 5) is 0. The summed E-state index contributed by atoms with van der Waals surface area (Å²) < 4.78 is 28.1. The summed E-state index contributed by atoms with van der Waals surface area (Å²) in [5.41, 5.74) is 2.16. The van der Waals surface area contributed by atoms with Gasteiger partial charge in [0.15, 0.2) is 0 Å². The minimum absolute atomic E-state index is 0.0802. The number of rotatable bonds is 5. The van der Waals surface area contributed by atoms with Crippen LogP contribution in [-0.2, 0) is 0 Å². The smallest absolute Gasteiger partial charge is 0.131 e. The fraction of sp³-hybridized carbons (Fsp3) is 0.333. The van der Waals surface area contributed by atoms with Gasteiger partial charge in [0, 0.05) is 5.56 Å². The second kappa shape index (κ2) is 6.81. The Bertz CT molecular complexity index is 570. The van der Waals surface area contributed by atoms with E-state index in [9.17, 15) is 8.78 Å². The molecule has 3 heteroatoms. The molecule has 0 aromatic heterocycles. The standard InChI is InChI=1S/C18H21F2N/c1-4-21-18(17-15(19)6-5-7-16(17)20)14-10-8-13(9-11-14)12(2)3/h5-12,18,21H,4H2,1-3H3. The van der Waals surface area contributed by atoms with Crippen molar-refractivity contribution in [1.29, 1.82) is 0 Å². The highest BCUT2D eigenvalue weighted by Crippen LogP contribution is 2.28. The lowest BCUT2D eigenvalue weighted by molar-refractivity contribution is 0.510. The summed E-state index contributed by atoms with van der Waals surface area (Å²) >= 11 is 0. The van der Waals surface area contributed by atoms with Crippen LogP contribution >= 0.6 is 0 Å². The number of nitrogens with one attached hydrogen (secondary N) is 1. The molecule has 0 amide bonds. The Morgan fingerprint density at radius 3 is 1.90 bits per heavy atom. The van der Waals surface area contributed by atoms with Gasteiger partial charge < -0.3 is 5.32 Å². The first-order valence-electron chi connectivity index (χ1n) is 7.31. The van der Waals surface area contributed by atoms with Crippen LogP contribution in [0.4, 0.5) is 8.78 Å². The predicted octanol–water partition coefficient (Wildman–Crippen LogP) is 4.79. The predicted molar refractivity (Wildman–Crippen MR) is 82.4 cm³/mol. The molecule has 0 saturated heterocycles. The Kier molecular flexibility index (Phi) is 5.07. The van der Waals surface area contributed by atoms with Crippen molar-refractivity contribution in [2.45, 2.75) is 32.7 Å². The number of hydrogen-bond acceptors (Lipinski definition) is 1. The van der Waals surface area contributed by atoms with E-state index in [1.54, 1.807) is 0 Å². The van der Waals surface area contributed by atoms with E-state index >= 15 is 0 Å². The third-order valence-electron chi connectivity index (χ3n) is 3.63. The van der Waals surface area contributed by atoms with Crippen LogP contribution in [-0.4, -0.2) is 6.54 Å². The van der Waals surface area contributed by atoms with Crippen LogP contribution in [0.15, 0.2) is 42.5 Å². The quantitative estimate of drug-likeness (QED) is 0.834. The molecule has 21 heavy (non-hydrogen) atoms. The maximum Gasteiger partial charge on any atom is 0.131 e. The average Bonchev–Trinajstić information content (AvgIpc) is 2.46. The first-order chi connectivity index (χ1) is 10.0. The molecule has 1 atom stereocenters. The molecule has 2 aromatic carbocycles. The lowest BCUT2D eigenvalue weighted by atomic mass is 9.94. The summed E-state index contributed by atoms with van der Waals surface area (Å²) in [5.74, 6) is -0.607. The fourth-order valence-corrected chi connectivity index (χ4v) is 2.45. The van der Waals surface area contributed by atoms with Gasteiger partial charge in [-0.05, 0) is 35.7 Å². The normalized spacial score (nSPS) is 12.7. The zero-order chi connectivity index (χ0) is 15.4. The Balaban J connectivity index is 2.43. The van der Waals surface area contributed by atoms with E-state index in [2.05, 4.69) is 19.2 Å². The average molecular weight is 289 g/mol. The van der Waals surface area contributed by atoms with Gasteiger partial charge in [0.2, 0.25) is 0 Å². The molecular formula is C18H21F2N. The highest BCUT2D eigenvalue weighted by molar-refractivity contribution is 5.35. The van der Waals surface area contributed by atoms with Crippen molar-refractivity contribution >= 4 is 0 Å². The van der Waals surface area contributed by atoms with Crippen molar-refractivity contribution in [2.24, 2.45) is 0 Å². The van der Waals surface area contributed by atoms with Gasteiger partial charge in [-0.2, -0.15) is 0 Å². The van der Waals surface area contributed by atoms with Crippen LogP contribution in [0.5, 0.6) is 0 Å². The number of benzene rings is 2. The highest BCUT2D eigenvalue weighted by Gasteiger charge is 2.21. The van der Waals surface area contributed by atoms with E-state index in [4.69, 9.17) is 0 Å². The molecule has 0 fully saturated rings. The van der Waals surface area contributed by atoms with E-state index in [1.165, 1.54) is 23.8 Å². The molecule has 0 saturated carbocycles. The SMILES string of the molecule is CCNC(c1ccc(C(C)C)cc1)c1c(F)cccc1F. The lowest BCUT2D eigenvalue weighted by Gasteiger charge is -2.21. The van der Waals surface area contributed by atoms with Crippen molar-refractivity contribution in [2.75, 3.05) is 6.54 Å². The summed E-state index contributed by atoms with van der Waals surface area (Å²) in [5, 5.41) is 3.17. The second-order valence-electron chi connectivity index (χ2n) is 5.45. The van der Waals surface area contributed by atoms with Crippen LogP contribution in [0.2, 0.25) is 0 Å². The molecule has 112 valence electrons. The summed E-state index contributed by atoms with van der Waals surface area (Å²) in [6.45, 7) is 6.79. The number of hydrogen-bond donors (Lipinski definition) is 1. The number of halogens is 2. The second-order valence-corrected chi connectivity index (χ2v) is 5.45. The highest BCUT2D eigenvalue weighted by atomic mass is 19.1. The molecule has 0 aliphatic carbocycles. The van der Waals surface area contributed by atoms with E-state index in [0.717, 1.165) is 5.56 Å². The summed E-state index contributed by atoms with van der Waals surface area (Å²) in [6, 6.07) is 11.4. The van der Waals surface area contributed by atoms with E-state index in [-0.39, 0.29) is 5.56 Å². The minimum Gasteiger partial charge on any atom is -0.306 e. The maximum absolute atomic E-state index is 14.0. The zero-order valence-corrected chi connectivity index (χ0v) is 12.7. The van der Waals surface area contributed by atoms with Crippen molar-refractivity contribution in [3.05, 3.63) is 70.8 Å². The van der Waals surface area contributed by atoms with Crippen LogP contribution in [0.1, 0.15) is 49.4 Å². The third kappa shape index (κ3) is 3.48. The topological polar surface area (TPSA) is 12.0 Å². The van der Waals surface area contributed by atoms with Crippen LogP contribution in [0, 0.1) is 11.6 Å². The molecular weight excluding hydrogens is 268 g/mol. The third-order valence-corrected chi connectivity index (χ3v) is 3.63. The Labute approximate surface area is 125 Å². The van der Waals surface area contributed by atoms with Gasteiger partial charge in [-0.15, -0.1) is 0 Å². The Morgan fingerprint density at radius 1 is 0.905 bits per heavy atom. The first-order valence-corrected chi connectivity index (χ1v) is 7.31. The van der Waals surface area contributed by atoms with Crippen molar-refractivity contribution in [3.8, 4) is 0 Å². The molecule has 0 heterocycles. The Hall–Kier alpha value is -1.74. The van der Waals surface area contributed by atoms with Gasteiger partial charge in [-0.3, -0.25) is 0 Å². The maximum atomic E-state index is 14.0. The van der Waals surface area contributed by atoms with Gasteiger partial charge >= 0.3 is 0 Å². The molecule has 0 radical (unpaired) electrons. The van der Waals surface area contributed by atoms with Gasteiger partial charge in [0.05, 0.1) is 6.04 Å². The summed E-state index contributed by atoms with van der Waals surface area (Å²) in [7, 11) is 0. The monoisotopic (exact) mass is 289 g/mol. The van der Waals surface area contributed by atoms with Crippen LogP contribution in [0.3, 0.4) is 0 Å². The van der Waals surface area contributed by atoms with Gasteiger partial charge in [0.1, 0.15) is 11.6 Å². The van der Waals surface area contributed by atoms with E-state index in [1.807, 2.05) is 31.2 Å². The van der Waals surface area contributed by atoms with Gasteiger partial charge in [-0.25, -0.2) is 8.78 Å². The largest absolute Gasteiger partial charge is 0.306 e. The molecule has 0 spiro atoms. The lowest BCUT2D eigenvalue weighted by Crippen LogP contribution is -2.24. The van der Waals surface area contributed by atoms with Crippen molar-refractivity contribution in [3.63, 3.8) is 0 Å². The molecule has 1 N–H and O–H groups in total. The molecule has 2 aromatic rings. The van der Waals surface area contributed by atoms with Crippen LogP contribution in [0.25, 0.3) is 0 Å². The minimum atomic E-state index is -0.520. The van der Waals surface area contributed by atoms with Gasteiger partial charge in [-0.1, -0.05) is 51.1 Å². The Morgan fingerprint density at radius 2 is 1.43 bits per heavy atom. The molecule has 1 nitrogen and oxygen atoms in total. The van der Waals surface area contributed by atoms with E-state index < -0.39 is 17.7 Å². The molecule has 0 aliphatic heterocycles. The fourth-order valence-electron chi connectivity index (χ4n) is 2.45. The van der Waals surface area contributed by atoms with Gasteiger partial charge in [0.25, 0.3) is 0 Å². The molecule has 1 unspecified atom stereocenters. The first kappa shape index (κ1) is 15.6. The molecule has 2 rings (SSSR count). The van der Waals surface area contributed by atoms with E-state index in [0.29, 0.717) is 12.5 Å². The van der Waals surface area contributed by atoms with Crippen molar-refractivity contribution in [1.82, 2.24) is 5.32 Å². The van der Waals surface area contributed by atoms with Crippen LogP contribution < -0.4 is 5.32 Å².